The number of benzene rings is 1. The highest BCUT2D eigenvalue weighted by Crippen LogP contribution is 2.30. The van der Waals surface area contributed by atoms with Crippen molar-refractivity contribution in [2.75, 3.05) is 12.4 Å². The molecule has 7 nitrogen and oxygen atoms in total. The first-order chi connectivity index (χ1) is 14.0. The molecule has 0 unspecified atom stereocenters. The van der Waals surface area contributed by atoms with Crippen LogP contribution in [0.2, 0.25) is 5.02 Å². The SMILES string of the molecule is CCC(=O)c1cc(C#Cc2cnc(Nc3cnn(CC)c3)nc2)c(Cl)c(OC)c1. The second-order valence-corrected chi connectivity index (χ2v) is 6.45. The Labute approximate surface area is 174 Å². The van der Waals surface area contributed by atoms with Gasteiger partial charge in [0.15, 0.2) is 5.78 Å². The molecule has 2 heterocycles. The molecule has 0 aliphatic carbocycles. The predicted molar refractivity (Wildman–Crippen MR) is 112 cm³/mol. The molecule has 3 aromatic rings. The third kappa shape index (κ3) is 4.92. The van der Waals surface area contributed by atoms with E-state index in [1.165, 1.54) is 7.11 Å². The van der Waals surface area contributed by atoms with Crippen LogP contribution < -0.4 is 10.1 Å². The van der Waals surface area contributed by atoms with E-state index in [2.05, 4.69) is 32.2 Å². The van der Waals surface area contributed by atoms with Gasteiger partial charge in [0.1, 0.15) is 5.75 Å². The maximum absolute atomic E-state index is 12.0. The van der Waals surface area contributed by atoms with Crippen molar-refractivity contribution < 1.29 is 9.53 Å². The summed E-state index contributed by atoms with van der Waals surface area (Å²) in [5, 5.41) is 7.63. The molecule has 1 aromatic carbocycles. The number of halogens is 1. The number of nitrogens with one attached hydrogen (secondary N) is 1. The number of aromatic nitrogens is 4. The van der Waals surface area contributed by atoms with Gasteiger partial charge in [0.25, 0.3) is 0 Å². The van der Waals surface area contributed by atoms with Gasteiger partial charge in [-0.1, -0.05) is 30.4 Å². The number of Topliss-reactive ketones (excluding diaryl/α,β-unsaturated/α-hetero) is 1. The molecular formula is C21H20ClN5O2. The lowest BCUT2D eigenvalue weighted by molar-refractivity contribution is 0.0988. The van der Waals surface area contributed by atoms with Gasteiger partial charge in [-0.05, 0) is 19.1 Å². The Kier molecular flexibility index (Phi) is 6.47. The van der Waals surface area contributed by atoms with Gasteiger partial charge in [0.05, 0.1) is 29.6 Å². The Morgan fingerprint density at radius 2 is 1.97 bits per heavy atom. The van der Waals surface area contributed by atoms with Crippen molar-refractivity contribution >= 4 is 29.0 Å². The molecule has 2 aromatic heterocycles. The van der Waals surface area contributed by atoms with Crippen molar-refractivity contribution in [1.82, 2.24) is 19.7 Å². The molecule has 0 amide bonds. The van der Waals surface area contributed by atoms with E-state index in [0.717, 1.165) is 12.2 Å². The van der Waals surface area contributed by atoms with Crippen molar-refractivity contribution in [2.45, 2.75) is 26.8 Å². The molecule has 0 saturated carbocycles. The van der Waals surface area contributed by atoms with Crippen LogP contribution in [0.25, 0.3) is 0 Å². The summed E-state index contributed by atoms with van der Waals surface area (Å²) in [7, 11) is 1.50. The van der Waals surface area contributed by atoms with Crippen molar-refractivity contribution in [1.29, 1.82) is 0 Å². The first-order valence-corrected chi connectivity index (χ1v) is 9.46. The predicted octanol–water partition coefficient (Wildman–Crippen LogP) is 4.09. The molecule has 1 N–H and O–H groups in total. The van der Waals surface area contributed by atoms with Gasteiger partial charge in [-0.25, -0.2) is 9.97 Å². The minimum Gasteiger partial charge on any atom is -0.495 e. The van der Waals surface area contributed by atoms with Crippen molar-refractivity contribution in [2.24, 2.45) is 0 Å². The summed E-state index contributed by atoms with van der Waals surface area (Å²) in [5.41, 5.74) is 2.45. The molecule has 0 radical (unpaired) electrons. The topological polar surface area (TPSA) is 81.9 Å². The Morgan fingerprint density at radius 3 is 2.59 bits per heavy atom. The zero-order valence-corrected chi connectivity index (χ0v) is 17.1. The summed E-state index contributed by atoms with van der Waals surface area (Å²) < 4.78 is 7.07. The third-order valence-corrected chi connectivity index (χ3v) is 4.50. The van der Waals surface area contributed by atoms with Crippen LogP contribution in [0.3, 0.4) is 0 Å². The first kappa shape index (κ1) is 20.4. The third-order valence-electron chi connectivity index (χ3n) is 4.11. The normalized spacial score (nSPS) is 10.2. The number of carbonyl (C=O) groups excluding carboxylic acids is 1. The minimum atomic E-state index is -0.00632. The highest BCUT2D eigenvalue weighted by Gasteiger charge is 2.12. The van der Waals surface area contributed by atoms with Gasteiger partial charge < -0.3 is 10.1 Å². The lowest BCUT2D eigenvalue weighted by Crippen LogP contribution is -1.99. The zero-order valence-electron chi connectivity index (χ0n) is 16.4. The van der Waals surface area contributed by atoms with Crippen LogP contribution in [0, 0.1) is 11.8 Å². The molecule has 29 heavy (non-hydrogen) atoms. The summed E-state index contributed by atoms with van der Waals surface area (Å²) in [4.78, 5) is 20.6. The van der Waals surface area contributed by atoms with Gasteiger partial charge in [-0.2, -0.15) is 5.10 Å². The van der Waals surface area contributed by atoms with Crippen LogP contribution in [-0.2, 0) is 6.54 Å². The van der Waals surface area contributed by atoms with Gasteiger partial charge in [0.2, 0.25) is 5.95 Å². The number of ketones is 1. The van der Waals surface area contributed by atoms with Gasteiger partial charge >= 0.3 is 0 Å². The van der Waals surface area contributed by atoms with E-state index in [1.807, 2.05) is 13.1 Å². The van der Waals surface area contributed by atoms with E-state index in [-0.39, 0.29) is 5.78 Å². The van der Waals surface area contributed by atoms with Crippen LogP contribution in [0.1, 0.15) is 41.8 Å². The van der Waals surface area contributed by atoms with Crippen LogP contribution in [0.15, 0.2) is 36.9 Å². The van der Waals surface area contributed by atoms with Crippen LogP contribution >= 0.6 is 11.6 Å². The van der Waals surface area contributed by atoms with E-state index in [1.54, 1.807) is 42.3 Å². The highest BCUT2D eigenvalue weighted by atomic mass is 35.5. The monoisotopic (exact) mass is 409 g/mol. The van der Waals surface area contributed by atoms with Gasteiger partial charge in [-0.3, -0.25) is 9.48 Å². The number of anilines is 2. The Bertz CT molecular complexity index is 1080. The summed E-state index contributed by atoms with van der Waals surface area (Å²) in [6, 6.07) is 3.30. The number of rotatable bonds is 6. The minimum absolute atomic E-state index is 0.00632. The average Bonchev–Trinajstić information content (AvgIpc) is 3.21. The van der Waals surface area contributed by atoms with E-state index in [9.17, 15) is 4.79 Å². The number of hydrogen-bond acceptors (Lipinski definition) is 6. The smallest absolute Gasteiger partial charge is 0.227 e. The van der Waals surface area contributed by atoms with Crippen LogP contribution in [-0.4, -0.2) is 32.6 Å². The second kappa shape index (κ2) is 9.22. The van der Waals surface area contributed by atoms with Gasteiger partial charge in [0, 0.05) is 42.7 Å². The number of nitrogens with zero attached hydrogens (tertiary/aromatic N) is 4. The molecule has 0 atom stereocenters. The summed E-state index contributed by atoms with van der Waals surface area (Å²) in [6.45, 7) is 4.60. The largest absolute Gasteiger partial charge is 0.495 e. The van der Waals surface area contributed by atoms with Crippen molar-refractivity contribution in [3.63, 3.8) is 0 Å². The first-order valence-electron chi connectivity index (χ1n) is 9.08. The van der Waals surface area contributed by atoms with Crippen LogP contribution in [0.5, 0.6) is 5.75 Å². The fourth-order valence-electron chi connectivity index (χ4n) is 2.53. The van der Waals surface area contributed by atoms with Crippen LogP contribution in [0.4, 0.5) is 11.6 Å². The maximum Gasteiger partial charge on any atom is 0.227 e. The number of methoxy groups -OCH3 is 1. The molecule has 0 bridgehead atoms. The lowest BCUT2D eigenvalue weighted by Gasteiger charge is -2.08. The molecule has 0 aliphatic rings. The number of hydrogen-bond donors (Lipinski definition) is 1. The lowest BCUT2D eigenvalue weighted by atomic mass is 10.0. The van der Waals surface area contributed by atoms with Gasteiger partial charge in [-0.15, -0.1) is 0 Å². The van der Waals surface area contributed by atoms with E-state index in [4.69, 9.17) is 16.3 Å². The maximum atomic E-state index is 12.0. The Hall–Kier alpha value is -3.37. The molecule has 8 heteroatoms. The summed E-state index contributed by atoms with van der Waals surface area (Å²) >= 11 is 6.34. The zero-order chi connectivity index (χ0) is 20.8. The standard InChI is InChI=1S/C21H20ClN5O2/c1-4-18(28)16-8-15(20(22)19(9-16)29-3)7-6-14-10-23-21(24-11-14)26-17-12-25-27(5-2)13-17/h8-13H,4-5H2,1-3H3,(H,23,24,26). The molecule has 0 fully saturated rings. The summed E-state index contributed by atoms with van der Waals surface area (Å²) in [5.74, 6) is 6.80. The van der Waals surface area contributed by atoms with Crippen molar-refractivity contribution in [3.05, 3.63) is 58.6 Å². The molecule has 0 saturated heterocycles. The van der Waals surface area contributed by atoms with E-state index >= 15 is 0 Å². The fourth-order valence-corrected chi connectivity index (χ4v) is 2.76. The fraction of sp³-hybridized carbons (Fsp3) is 0.238. The van der Waals surface area contributed by atoms with E-state index < -0.39 is 0 Å². The van der Waals surface area contributed by atoms with E-state index in [0.29, 0.717) is 39.8 Å². The Morgan fingerprint density at radius 1 is 1.21 bits per heavy atom. The quantitative estimate of drug-likeness (QED) is 0.487. The molecule has 148 valence electrons. The number of aryl methyl sites for hydroxylation is 1. The Balaban J connectivity index is 1.81. The van der Waals surface area contributed by atoms with Crippen molar-refractivity contribution in [3.8, 4) is 17.6 Å². The average molecular weight is 410 g/mol. The second-order valence-electron chi connectivity index (χ2n) is 6.07. The molecule has 0 spiro atoms. The highest BCUT2D eigenvalue weighted by molar-refractivity contribution is 6.33. The summed E-state index contributed by atoms with van der Waals surface area (Å²) in [6.07, 6.45) is 7.19. The number of carbonyl (C=O) groups is 1. The molecule has 0 aliphatic heterocycles. The molecular weight excluding hydrogens is 390 g/mol. The molecule has 3 rings (SSSR count). The number of ether oxygens (including phenoxy) is 1.